The molecule has 0 bridgehead atoms. The minimum Gasteiger partial charge on any atom is -0.381 e. The van der Waals surface area contributed by atoms with Crippen molar-refractivity contribution in [3.8, 4) is 0 Å². The van der Waals surface area contributed by atoms with Gasteiger partial charge in [-0.25, -0.2) is 0 Å². The molecule has 1 aliphatic carbocycles. The first-order valence-corrected chi connectivity index (χ1v) is 8.22. The molecule has 1 aliphatic rings. The normalized spacial score (nSPS) is 23.7. The molecular formula is C16H33NO2. The van der Waals surface area contributed by atoms with E-state index in [9.17, 15) is 0 Å². The van der Waals surface area contributed by atoms with Crippen molar-refractivity contribution in [2.75, 3.05) is 26.8 Å². The highest BCUT2D eigenvalue weighted by molar-refractivity contribution is 4.73. The van der Waals surface area contributed by atoms with Gasteiger partial charge in [-0.3, -0.25) is 0 Å². The highest BCUT2D eigenvalue weighted by Gasteiger charge is 2.21. The highest BCUT2D eigenvalue weighted by Crippen LogP contribution is 2.23. The zero-order valence-electron chi connectivity index (χ0n) is 13.0. The molecule has 0 radical (unpaired) electrons. The van der Waals surface area contributed by atoms with Crippen LogP contribution in [0.3, 0.4) is 0 Å². The van der Waals surface area contributed by atoms with Crippen molar-refractivity contribution in [1.29, 1.82) is 0 Å². The number of unbranched alkanes of at least 4 members (excludes halogenated alkanes) is 3. The molecule has 0 saturated heterocycles. The number of ether oxygens (including phenoxy) is 2. The standard InChI is InChI=1S/C16H33NO2/c1-3-11-17-12-6-4-5-7-13-19-16-10-8-9-15(14-16)18-2/h15-17H,3-14H2,1-2H3. The van der Waals surface area contributed by atoms with E-state index in [0.717, 1.165) is 19.6 Å². The second-order valence-corrected chi connectivity index (χ2v) is 5.68. The summed E-state index contributed by atoms with van der Waals surface area (Å²) in [5, 5.41) is 3.44. The number of hydrogen-bond donors (Lipinski definition) is 1. The molecule has 0 spiro atoms. The Kier molecular flexibility index (Phi) is 10.4. The average molecular weight is 271 g/mol. The molecule has 1 saturated carbocycles. The lowest BCUT2D eigenvalue weighted by Crippen LogP contribution is -2.27. The van der Waals surface area contributed by atoms with Crippen LogP contribution in [0, 0.1) is 0 Å². The van der Waals surface area contributed by atoms with Crippen molar-refractivity contribution in [2.45, 2.75) is 76.9 Å². The molecule has 2 atom stereocenters. The van der Waals surface area contributed by atoms with Gasteiger partial charge in [0.2, 0.25) is 0 Å². The van der Waals surface area contributed by atoms with Crippen molar-refractivity contribution in [3.05, 3.63) is 0 Å². The largest absolute Gasteiger partial charge is 0.381 e. The van der Waals surface area contributed by atoms with Crippen LogP contribution in [0.15, 0.2) is 0 Å². The van der Waals surface area contributed by atoms with Crippen LogP contribution >= 0.6 is 0 Å². The lowest BCUT2D eigenvalue weighted by Gasteiger charge is -2.28. The maximum absolute atomic E-state index is 5.96. The SMILES string of the molecule is CCCNCCCCCCOC1CCCC(OC)C1. The molecule has 114 valence electrons. The smallest absolute Gasteiger partial charge is 0.0599 e. The number of nitrogens with one attached hydrogen (secondary N) is 1. The Balaban J connectivity index is 1.85. The third-order valence-electron chi connectivity index (χ3n) is 3.94. The predicted octanol–water partition coefficient (Wildman–Crippen LogP) is 3.52. The van der Waals surface area contributed by atoms with Crippen molar-refractivity contribution in [1.82, 2.24) is 5.32 Å². The summed E-state index contributed by atoms with van der Waals surface area (Å²) in [6.45, 7) is 5.48. The molecule has 3 nitrogen and oxygen atoms in total. The Labute approximate surface area is 119 Å². The van der Waals surface area contributed by atoms with E-state index in [-0.39, 0.29) is 0 Å². The first-order chi connectivity index (χ1) is 9.36. The van der Waals surface area contributed by atoms with Crippen LogP contribution in [0.5, 0.6) is 0 Å². The molecule has 1 fully saturated rings. The second kappa shape index (κ2) is 11.7. The van der Waals surface area contributed by atoms with E-state index < -0.39 is 0 Å². The molecule has 0 aliphatic heterocycles. The molecule has 0 aromatic heterocycles. The fraction of sp³-hybridized carbons (Fsp3) is 1.00. The van der Waals surface area contributed by atoms with Gasteiger partial charge >= 0.3 is 0 Å². The van der Waals surface area contributed by atoms with Crippen molar-refractivity contribution in [3.63, 3.8) is 0 Å². The lowest BCUT2D eigenvalue weighted by atomic mass is 9.95. The monoisotopic (exact) mass is 271 g/mol. The fourth-order valence-corrected chi connectivity index (χ4v) is 2.72. The van der Waals surface area contributed by atoms with Gasteiger partial charge in [-0.1, -0.05) is 19.8 Å². The summed E-state index contributed by atoms with van der Waals surface area (Å²) >= 11 is 0. The quantitative estimate of drug-likeness (QED) is 0.583. The second-order valence-electron chi connectivity index (χ2n) is 5.68. The molecule has 3 heteroatoms. The van der Waals surface area contributed by atoms with Gasteiger partial charge < -0.3 is 14.8 Å². The maximum atomic E-state index is 5.96. The highest BCUT2D eigenvalue weighted by atomic mass is 16.5. The zero-order valence-corrected chi connectivity index (χ0v) is 13.0. The van der Waals surface area contributed by atoms with E-state index in [1.807, 2.05) is 7.11 Å². The predicted molar refractivity (Wildman–Crippen MR) is 80.6 cm³/mol. The molecule has 1 rings (SSSR count). The molecule has 19 heavy (non-hydrogen) atoms. The van der Waals surface area contributed by atoms with Gasteiger partial charge in [0, 0.05) is 13.7 Å². The summed E-state index contributed by atoms with van der Waals surface area (Å²) in [6.07, 6.45) is 12.0. The minimum absolute atomic E-state index is 0.434. The van der Waals surface area contributed by atoms with E-state index >= 15 is 0 Å². The van der Waals surface area contributed by atoms with Gasteiger partial charge in [-0.2, -0.15) is 0 Å². The Morgan fingerprint density at radius 2 is 1.79 bits per heavy atom. The first kappa shape index (κ1) is 16.9. The van der Waals surface area contributed by atoms with Gasteiger partial charge in [0.1, 0.15) is 0 Å². The van der Waals surface area contributed by atoms with Gasteiger partial charge in [-0.05, 0) is 58.0 Å². The third kappa shape index (κ3) is 8.61. The van der Waals surface area contributed by atoms with Crippen LogP contribution in [0.2, 0.25) is 0 Å². The third-order valence-corrected chi connectivity index (χ3v) is 3.94. The summed E-state index contributed by atoms with van der Waals surface area (Å²) in [4.78, 5) is 0. The lowest BCUT2D eigenvalue weighted by molar-refractivity contribution is -0.0303. The molecule has 1 N–H and O–H groups in total. The summed E-state index contributed by atoms with van der Waals surface area (Å²) < 4.78 is 11.4. The number of hydrogen-bond acceptors (Lipinski definition) is 3. The van der Waals surface area contributed by atoms with Crippen molar-refractivity contribution >= 4 is 0 Å². The fourth-order valence-electron chi connectivity index (χ4n) is 2.72. The molecule has 0 aromatic rings. The van der Waals surface area contributed by atoms with E-state index in [4.69, 9.17) is 9.47 Å². The summed E-state index contributed by atoms with van der Waals surface area (Å²) in [5.74, 6) is 0. The van der Waals surface area contributed by atoms with Crippen LogP contribution in [-0.2, 0) is 9.47 Å². The zero-order chi connectivity index (χ0) is 13.8. The summed E-state index contributed by atoms with van der Waals surface area (Å²) in [5.41, 5.74) is 0. The molecular weight excluding hydrogens is 238 g/mol. The van der Waals surface area contributed by atoms with Crippen LogP contribution in [0.1, 0.15) is 64.7 Å². The van der Waals surface area contributed by atoms with Crippen molar-refractivity contribution in [2.24, 2.45) is 0 Å². The maximum Gasteiger partial charge on any atom is 0.0599 e. The van der Waals surface area contributed by atoms with E-state index in [0.29, 0.717) is 12.2 Å². The molecule has 0 heterocycles. The Morgan fingerprint density at radius 1 is 1.00 bits per heavy atom. The Bertz CT molecular complexity index is 199. The van der Waals surface area contributed by atoms with Crippen LogP contribution in [0.4, 0.5) is 0 Å². The summed E-state index contributed by atoms with van der Waals surface area (Å²) in [6, 6.07) is 0. The Morgan fingerprint density at radius 3 is 2.58 bits per heavy atom. The number of methoxy groups -OCH3 is 1. The van der Waals surface area contributed by atoms with Gasteiger partial charge in [0.25, 0.3) is 0 Å². The van der Waals surface area contributed by atoms with Gasteiger partial charge in [-0.15, -0.1) is 0 Å². The van der Waals surface area contributed by atoms with Crippen molar-refractivity contribution < 1.29 is 9.47 Å². The number of rotatable bonds is 11. The van der Waals surface area contributed by atoms with Crippen LogP contribution in [0.25, 0.3) is 0 Å². The first-order valence-electron chi connectivity index (χ1n) is 8.22. The van der Waals surface area contributed by atoms with E-state index in [1.165, 1.54) is 57.9 Å². The van der Waals surface area contributed by atoms with Gasteiger partial charge in [0.15, 0.2) is 0 Å². The minimum atomic E-state index is 0.434. The van der Waals surface area contributed by atoms with Crippen LogP contribution in [-0.4, -0.2) is 39.0 Å². The average Bonchev–Trinajstić information content (AvgIpc) is 2.46. The molecule has 2 unspecified atom stereocenters. The van der Waals surface area contributed by atoms with Crippen LogP contribution < -0.4 is 5.32 Å². The summed E-state index contributed by atoms with van der Waals surface area (Å²) in [7, 11) is 1.82. The topological polar surface area (TPSA) is 30.5 Å². The van der Waals surface area contributed by atoms with Gasteiger partial charge in [0.05, 0.1) is 12.2 Å². The Hall–Kier alpha value is -0.120. The molecule has 0 amide bonds. The molecule has 0 aromatic carbocycles. The van der Waals surface area contributed by atoms with E-state index in [2.05, 4.69) is 12.2 Å². The van der Waals surface area contributed by atoms with E-state index in [1.54, 1.807) is 0 Å².